The average molecular weight is 417 g/mol. The van der Waals surface area contributed by atoms with Gasteiger partial charge in [-0.1, -0.05) is 42.0 Å². The van der Waals surface area contributed by atoms with Crippen LogP contribution in [-0.2, 0) is 13.1 Å². The van der Waals surface area contributed by atoms with Crippen molar-refractivity contribution in [2.45, 2.75) is 26.9 Å². The van der Waals surface area contributed by atoms with Crippen LogP contribution in [0.3, 0.4) is 0 Å². The number of thiophene rings is 1. The van der Waals surface area contributed by atoms with Crippen molar-refractivity contribution in [1.82, 2.24) is 9.13 Å². The number of nitrogens with zero attached hydrogens (tertiary/aromatic N) is 2. The van der Waals surface area contributed by atoms with E-state index in [4.69, 9.17) is 4.42 Å². The fourth-order valence-electron chi connectivity index (χ4n) is 3.88. The Morgan fingerprint density at radius 3 is 2.57 bits per heavy atom. The van der Waals surface area contributed by atoms with Gasteiger partial charge in [0, 0.05) is 10.1 Å². The first-order valence-corrected chi connectivity index (χ1v) is 10.6. The Balaban J connectivity index is 1.83. The lowest BCUT2D eigenvalue weighted by molar-refractivity contribution is 0.479. The maximum absolute atomic E-state index is 13.6. The summed E-state index contributed by atoms with van der Waals surface area (Å²) < 4.78 is 10.0. The van der Waals surface area contributed by atoms with Gasteiger partial charge in [-0.3, -0.25) is 13.9 Å². The molecule has 0 atom stereocenters. The van der Waals surface area contributed by atoms with Crippen molar-refractivity contribution in [3.8, 4) is 0 Å². The van der Waals surface area contributed by atoms with Crippen LogP contribution in [0.5, 0.6) is 0 Å². The Kier molecular flexibility index (Phi) is 4.44. The average Bonchev–Trinajstić information content (AvgIpc) is 3.39. The maximum atomic E-state index is 13.6. The van der Waals surface area contributed by atoms with E-state index in [0.29, 0.717) is 22.5 Å². The summed E-state index contributed by atoms with van der Waals surface area (Å²) in [6.07, 6.45) is 1.55. The number of hydrogen-bond acceptors (Lipinski definition) is 4. The molecule has 5 aromatic rings. The second-order valence-electron chi connectivity index (χ2n) is 7.55. The summed E-state index contributed by atoms with van der Waals surface area (Å²) in [5.74, 6) is 0.577. The summed E-state index contributed by atoms with van der Waals surface area (Å²) in [7, 11) is 0. The van der Waals surface area contributed by atoms with Crippen molar-refractivity contribution < 1.29 is 4.42 Å². The van der Waals surface area contributed by atoms with E-state index in [9.17, 15) is 9.59 Å². The number of aryl methyl sites for hydroxylation is 2. The highest BCUT2D eigenvalue weighted by Crippen LogP contribution is 2.31. The van der Waals surface area contributed by atoms with E-state index in [-0.39, 0.29) is 17.8 Å². The Hall–Kier alpha value is -3.38. The Labute approximate surface area is 176 Å². The van der Waals surface area contributed by atoms with E-state index in [1.54, 1.807) is 23.0 Å². The molecule has 2 aromatic carbocycles. The predicted octanol–water partition coefficient (Wildman–Crippen LogP) is 4.68. The first-order valence-electron chi connectivity index (χ1n) is 9.76. The van der Waals surface area contributed by atoms with Crippen LogP contribution < -0.4 is 11.2 Å². The summed E-state index contributed by atoms with van der Waals surface area (Å²) in [5, 5.41) is 0.933. The van der Waals surface area contributed by atoms with E-state index >= 15 is 0 Å². The summed E-state index contributed by atoms with van der Waals surface area (Å²) in [4.78, 5) is 26.9. The van der Waals surface area contributed by atoms with Crippen molar-refractivity contribution >= 4 is 31.6 Å². The predicted molar refractivity (Wildman–Crippen MR) is 121 cm³/mol. The highest BCUT2D eigenvalue weighted by Gasteiger charge is 2.19. The molecule has 3 aromatic heterocycles. The van der Waals surface area contributed by atoms with E-state index in [1.807, 2.05) is 38.1 Å². The third-order valence-electron chi connectivity index (χ3n) is 5.47. The minimum Gasteiger partial charge on any atom is -0.467 e. The molecule has 0 aliphatic rings. The lowest BCUT2D eigenvalue weighted by Gasteiger charge is -2.14. The SMILES string of the molecule is Cc1ccc(C)c(Cn2c(=O)n(Cc3ccco3)c(=O)c3sc4ccccc4c32)c1. The highest BCUT2D eigenvalue weighted by atomic mass is 32.1. The summed E-state index contributed by atoms with van der Waals surface area (Å²) >= 11 is 1.43. The summed E-state index contributed by atoms with van der Waals surface area (Å²) in [6.45, 7) is 4.60. The van der Waals surface area contributed by atoms with Crippen molar-refractivity contribution in [3.05, 3.63) is 104 Å². The molecule has 0 saturated carbocycles. The number of aromatic nitrogens is 2. The van der Waals surface area contributed by atoms with Gasteiger partial charge < -0.3 is 4.42 Å². The highest BCUT2D eigenvalue weighted by molar-refractivity contribution is 7.25. The zero-order valence-corrected chi connectivity index (χ0v) is 17.5. The molecule has 5 nitrogen and oxygen atoms in total. The van der Waals surface area contributed by atoms with Crippen LogP contribution in [0.4, 0.5) is 0 Å². The van der Waals surface area contributed by atoms with Crippen LogP contribution >= 0.6 is 11.3 Å². The smallest absolute Gasteiger partial charge is 0.332 e. The quantitative estimate of drug-likeness (QED) is 0.427. The first-order chi connectivity index (χ1) is 14.5. The molecule has 0 aliphatic carbocycles. The zero-order chi connectivity index (χ0) is 20.8. The minimum atomic E-state index is -0.326. The maximum Gasteiger partial charge on any atom is 0.332 e. The molecule has 3 heterocycles. The largest absolute Gasteiger partial charge is 0.467 e. The molecule has 0 saturated heterocycles. The summed E-state index contributed by atoms with van der Waals surface area (Å²) in [6, 6.07) is 17.6. The second kappa shape index (κ2) is 7.15. The lowest BCUT2D eigenvalue weighted by Crippen LogP contribution is -2.40. The van der Waals surface area contributed by atoms with E-state index in [1.165, 1.54) is 15.9 Å². The van der Waals surface area contributed by atoms with Gasteiger partial charge in [0.25, 0.3) is 5.56 Å². The van der Waals surface area contributed by atoms with Gasteiger partial charge in [-0.15, -0.1) is 11.3 Å². The van der Waals surface area contributed by atoms with E-state index in [2.05, 4.69) is 18.2 Å². The van der Waals surface area contributed by atoms with Crippen LogP contribution in [-0.4, -0.2) is 9.13 Å². The number of rotatable bonds is 4. The van der Waals surface area contributed by atoms with Crippen molar-refractivity contribution in [3.63, 3.8) is 0 Å². The third-order valence-corrected chi connectivity index (χ3v) is 6.62. The third kappa shape index (κ3) is 3.00. The summed E-state index contributed by atoms with van der Waals surface area (Å²) in [5.41, 5.74) is 3.43. The van der Waals surface area contributed by atoms with Crippen molar-refractivity contribution in [2.75, 3.05) is 0 Å². The van der Waals surface area contributed by atoms with Gasteiger partial charge in [0.1, 0.15) is 10.5 Å². The Morgan fingerprint density at radius 2 is 1.77 bits per heavy atom. The topological polar surface area (TPSA) is 57.1 Å². The van der Waals surface area contributed by atoms with Gasteiger partial charge in [-0.25, -0.2) is 4.79 Å². The minimum absolute atomic E-state index is 0.113. The molecule has 5 rings (SSSR count). The number of benzene rings is 2. The van der Waals surface area contributed by atoms with Crippen LogP contribution in [0.25, 0.3) is 20.3 Å². The lowest BCUT2D eigenvalue weighted by atomic mass is 10.1. The zero-order valence-electron chi connectivity index (χ0n) is 16.7. The number of fused-ring (bicyclic) bond motifs is 3. The van der Waals surface area contributed by atoms with Crippen LogP contribution in [0, 0.1) is 13.8 Å². The molecule has 30 heavy (non-hydrogen) atoms. The number of furan rings is 1. The second-order valence-corrected chi connectivity index (χ2v) is 8.60. The standard InChI is InChI=1S/C24H20N2O3S/c1-15-9-10-16(2)17(12-15)13-25-21-19-7-3-4-8-20(19)30-22(21)23(27)26(24(25)28)14-18-6-5-11-29-18/h3-12H,13-14H2,1-2H3. The van der Waals surface area contributed by atoms with Crippen molar-refractivity contribution in [1.29, 1.82) is 0 Å². The fraction of sp³-hybridized carbons (Fsp3) is 0.167. The van der Waals surface area contributed by atoms with Gasteiger partial charge in [0.2, 0.25) is 0 Å². The molecule has 0 unspecified atom stereocenters. The molecule has 0 N–H and O–H groups in total. The van der Waals surface area contributed by atoms with E-state index in [0.717, 1.165) is 26.8 Å². The molecule has 0 spiro atoms. The molecular weight excluding hydrogens is 396 g/mol. The number of hydrogen-bond donors (Lipinski definition) is 0. The molecular formula is C24H20N2O3S. The normalized spacial score (nSPS) is 11.5. The van der Waals surface area contributed by atoms with E-state index < -0.39 is 0 Å². The van der Waals surface area contributed by atoms with Crippen LogP contribution in [0.2, 0.25) is 0 Å². The van der Waals surface area contributed by atoms with Gasteiger partial charge in [-0.2, -0.15) is 0 Å². The van der Waals surface area contributed by atoms with Crippen LogP contribution in [0.1, 0.15) is 22.5 Å². The fourth-order valence-corrected chi connectivity index (χ4v) is 5.04. The van der Waals surface area contributed by atoms with Crippen LogP contribution in [0.15, 0.2) is 74.9 Å². The van der Waals surface area contributed by atoms with Crippen molar-refractivity contribution in [2.24, 2.45) is 0 Å². The molecule has 0 radical (unpaired) electrons. The molecule has 0 bridgehead atoms. The molecule has 150 valence electrons. The van der Waals surface area contributed by atoms with Gasteiger partial charge in [0.05, 0.1) is 24.9 Å². The molecule has 0 aliphatic heterocycles. The Bertz CT molecular complexity index is 1500. The van der Waals surface area contributed by atoms with Gasteiger partial charge in [-0.05, 0) is 43.2 Å². The monoisotopic (exact) mass is 416 g/mol. The molecule has 6 heteroatoms. The Morgan fingerprint density at radius 1 is 0.933 bits per heavy atom. The van der Waals surface area contributed by atoms with Gasteiger partial charge >= 0.3 is 5.69 Å². The molecule has 0 fully saturated rings. The molecule has 0 amide bonds. The van der Waals surface area contributed by atoms with Gasteiger partial charge in [0.15, 0.2) is 0 Å². The first kappa shape index (κ1) is 18.6.